The number of nitrogens with one attached hydrogen (secondary N) is 1. The van der Waals surface area contributed by atoms with Crippen LogP contribution in [0.1, 0.15) is 17.0 Å². The summed E-state index contributed by atoms with van der Waals surface area (Å²) in [6.45, 7) is 1.95. The molecule has 1 aliphatic heterocycles. The van der Waals surface area contributed by atoms with Gasteiger partial charge in [0, 0.05) is 5.92 Å². The van der Waals surface area contributed by atoms with Crippen LogP contribution in [0.5, 0.6) is 0 Å². The smallest absolute Gasteiger partial charge is 0.141 e. The van der Waals surface area contributed by atoms with E-state index in [0.717, 1.165) is 11.1 Å². The third-order valence-corrected chi connectivity index (χ3v) is 3.53. The fourth-order valence-corrected chi connectivity index (χ4v) is 2.54. The highest BCUT2D eigenvalue weighted by Crippen LogP contribution is 2.36. The van der Waals surface area contributed by atoms with E-state index in [0.29, 0.717) is 5.57 Å². The average Bonchev–Trinajstić information content (AvgIpc) is 2.38. The molecule has 19 heavy (non-hydrogen) atoms. The number of aliphatic imine (C=N–C) groups is 1. The number of amidine groups is 1. The van der Waals surface area contributed by atoms with E-state index in [2.05, 4.69) is 16.9 Å². The number of nitrogens with two attached hydrogens (primary N) is 1. The van der Waals surface area contributed by atoms with Crippen molar-refractivity contribution < 1.29 is 0 Å². The fourth-order valence-electron chi connectivity index (χ4n) is 2.26. The molecule has 2 atom stereocenters. The molecule has 0 radical (unpaired) electrons. The van der Waals surface area contributed by atoms with Gasteiger partial charge in [-0.3, -0.25) is 5.41 Å². The molecule has 0 amide bonds. The first-order valence-electron chi connectivity index (χ1n) is 5.73. The van der Waals surface area contributed by atoms with Crippen LogP contribution in [0, 0.1) is 29.6 Å². The maximum Gasteiger partial charge on any atom is 0.141 e. The lowest BCUT2D eigenvalue weighted by Gasteiger charge is -2.28. The van der Waals surface area contributed by atoms with Crippen LogP contribution in [0.2, 0.25) is 0 Å². The molecule has 2 rings (SSSR count). The topological polar surface area (TPSA) is 86.0 Å². The predicted molar refractivity (Wildman–Crippen MR) is 78.5 cm³/mol. The summed E-state index contributed by atoms with van der Waals surface area (Å²) in [5.74, 6) is 1.56. The molecule has 0 aliphatic carbocycles. The summed E-state index contributed by atoms with van der Waals surface area (Å²) in [5, 5.41) is 16.7. The number of hydrogen-bond donors (Lipinski definition) is 2. The first-order chi connectivity index (χ1) is 9.10. The molecule has 1 aliphatic rings. The first-order valence-corrected chi connectivity index (χ1v) is 6.14. The van der Waals surface area contributed by atoms with E-state index in [-0.39, 0.29) is 16.7 Å². The molecule has 0 fully saturated rings. The van der Waals surface area contributed by atoms with Crippen molar-refractivity contribution in [1.29, 1.82) is 10.7 Å². The summed E-state index contributed by atoms with van der Waals surface area (Å²) in [4.78, 5) is 4.22. The third-order valence-electron chi connectivity index (χ3n) is 3.22. The lowest BCUT2D eigenvalue weighted by Crippen LogP contribution is -2.35. The summed E-state index contributed by atoms with van der Waals surface area (Å²) in [6.07, 6.45) is 0. The molecule has 5 heteroatoms. The zero-order valence-corrected chi connectivity index (χ0v) is 11.2. The van der Waals surface area contributed by atoms with Crippen molar-refractivity contribution in [2.45, 2.75) is 12.8 Å². The standard InChI is InChI=1S/C14H12N4S/c1-8-4-2-3-5-9(8)12-10(6-15)13(17)18-14(19)11(12)7-16/h2-5,10,12,16H,1H3,(H2,17,18,19)/t10?,12-/m0/s1. The van der Waals surface area contributed by atoms with E-state index in [1.54, 1.807) is 0 Å². The number of hydrogen-bond acceptors (Lipinski definition) is 4. The van der Waals surface area contributed by atoms with Gasteiger partial charge in [0.1, 0.15) is 16.7 Å². The van der Waals surface area contributed by atoms with Crippen LogP contribution < -0.4 is 5.73 Å². The maximum atomic E-state index is 9.33. The second kappa shape index (κ2) is 5.15. The van der Waals surface area contributed by atoms with Crippen molar-refractivity contribution in [3.05, 3.63) is 41.0 Å². The van der Waals surface area contributed by atoms with Crippen LogP contribution in [0.25, 0.3) is 0 Å². The Labute approximate surface area is 116 Å². The van der Waals surface area contributed by atoms with Gasteiger partial charge in [0.25, 0.3) is 0 Å². The Morgan fingerprint density at radius 3 is 2.68 bits per heavy atom. The minimum Gasteiger partial charge on any atom is -0.386 e. The molecule has 94 valence electrons. The second-order valence-electron chi connectivity index (χ2n) is 4.32. The van der Waals surface area contributed by atoms with Crippen molar-refractivity contribution in [3.63, 3.8) is 0 Å². The molecule has 4 nitrogen and oxygen atoms in total. The number of benzene rings is 1. The molecule has 3 N–H and O–H groups in total. The molecule has 0 aromatic heterocycles. The minimum atomic E-state index is -0.611. The SMILES string of the molecule is Cc1ccccc1[C@@H]1C(=C=N)C(=S)N=C(N)C1C#N. The summed E-state index contributed by atoms with van der Waals surface area (Å²) in [7, 11) is 0. The normalized spacial score (nSPS) is 22.4. The Balaban J connectivity index is 2.68. The Morgan fingerprint density at radius 1 is 1.42 bits per heavy atom. The highest BCUT2D eigenvalue weighted by molar-refractivity contribution is 7.80. The molecule has 1 unspecified atom stereocenters. The summed E-state index contributed by atoms with van der Waals surface area (Å²) in [5.41, 5.74) is 8.22. The lowest BCUT2D eigenvalue weighted by molar-refractivity contribution is 0.722. The van der Waals surface area contributed by atoms with Crippen molar-refractivity contribution in [3.8, 4) is 6.07 Å². The number of aryl methyl sites for hydroxylation is 1. The van der Waals surface area contributed by atoms with Gasteiger partial charge in [-0.05, 0) is 23.9 Å². The molecular formula is C14H12N4S. The lowest BCUT2D eigenvalue weighted by atomic mass is 9.77. The molecule has 0 saturated carbocycles. The minimum absolute atomic E-state index is 0.208. The van der Waals surface area contributed by atoms with Gasteiger partial charge in [-0.2, -0.15) is 5.26 Å². The highest BCUT2D eigenvalue weighted by atomic mass is 32.1. The van der Waals surface area contributed by atoms with Crippen LogP contribution in [0.3, 0.4) is 0 Å². The summed E-state index contributed by atoms with van der Waals surface area (Å²) < 4.78 is 0. The number of thiocarbonyl (C=S) groups is 1. The Hall–Kier alpha value is -2.28. The van der Waals surface area contributed by atoms with E-state index in [4.69, 9.17) is 23.4 Å². The molecule has 0 saturated heterocycles. The Morgan fingerprint density at radius 2 is 2.11 bits per heavy atom. The predicted octanol–water partition coefficient (Wildman–Crippen LogP) is 2.09. The van der Waals surface area contributed by atoms with Gasteiger partial charge in [-0.1, -0.05) is 36.5 Å². The van der Waals surface area contributed by atoms with Crippen LogP contribution in [0.4, 0.5) is 0 Å². The molecular weight excluding hydrogens is 256 g/mol. The van der Waals surface area contributed by atoms with Crippen LogP contribution in [0.15, 0.2) is 34.8 Å². The van der Waals surface area contributed by atoms with Gasteiger partial charge in [0.05, 0.1) is 11.6 Å². The van der Waals surface area contributed by atoms with Crippen LogP contribution in [-0.2, 0) is 0 Å². The van der Waals surface area contributed by atoms with E-state index in [1.807, 2.05) is 31.2 Å². The largest absolute Gasteiger partial charge is 0.386 e. The van der Waals surface area contributed by atoms with Gasteiger partial charge < -0.3 is 5.73 Å². The number of rotatable bonds is 1. The second-order valence-corrected chi connectivity index (χ2v) is 4.71. The van der Waals surface area contributed by atoms with Gasteiger partial charge >= 0.3 is 0 Å². The number of nitrogens with zero attached hydrogens (tertiary/aromatic N) is 2. The summed E-state index contributed by atoms with van der Waals surface area (Å²) in [6, 6.07) is 9.84. The van der Waals surface area contributed by atoms with Crippen LogP contribution >= 0.6 is 12.2 Å². The van der Waals surface area contributed by atoms with Crippen LogP contribution in [-0.4, -0.2) is 16.7 Å². The van der Waals surface area contributed by atoms with Gasteiger partial charge in [-0.25, -0.2) is 4.99 Å². The average molecular weight is 268 g/mol. The molecule has 0 bridgehead atoms. The summed E-state index contributed by atoms with van der Waals surface area (Å²) >= 11 is 5.13. The van der Waals surface area contributed by atoms with E-state index in [1.165, 1.54) is 0 Å². The van der Waals surface area contributed by atoms with Crippen molar-refractivity contribution in [2.75, 3.05) is 0 Å². The zero-order valence-electron chi connectivity index (χ0n) is 10.3. The quantitative estimate of drug-likeness (QED) is 0.464. The van der Waals surface area contributed by atoms with Gasteiger partial charge in [0.15, 0.2) is 0 Å². The van der Waals surface area contributed by atoms with E-state index >= 15 is 0 Å². The fraction of sp³-hybridized carbons (Fsp3) is 0.214. The monoisotopic (exact) mass is 268 g/mol. The van der Waals surface area contributed by atoms with E-state index in [9.17, 15) is 5.26 Å². The van der Waals surface area contributed by atoms with Gasteiger partial charge in [-0.15, -0.1) is 0 Å². The third kappa shape index (κ3) is 2.19. The molecule has 1 heterocycles. The Kier molecular flexibility index (Phi) is 3.57. The van der Waals surface area contributed by atoms with E-state index < -0.39 is 5.92 Å². The molecule has 0 spiro atoms. The zero-order chi connectivity index (χ0) is 14.0. The maximum absolute atomic E-state index is 9.33. The number of nitriles is 1. The van der Waals surface area contributed by atoms with Crippen molar-refractivity contribution >= 4 is 28.9 Å². The Bertz CT molecular complexity index is 662. The first kappa shape index (κ1) is 13.2. The van der Waals surface area contributed by atoms with Crippen molar-refractivity contribution in [2.24, 2.45) is 16.6 Å². The van der Waals surface area contributed by atoms with Crippen molar-refractivity contribution in [1.82, 2.24) is 0 Å². The highest BCUT2D eigenvalue weighted by Gasteiger charge is 2.36. The van der Waals surface area contributed by atoms with Gasteiger partial charge in [0.2, 0.25) is 0 Å². The molecule has 1 aromatic carbocycles. The molecule has 1 aromatic rings.